The fraction of sp³-hybridized carbons (Fsp3) is 0.400. The minimum absolute atomic E-state index is 0.195. The number of halogens is 2. The summed E-state index contributed by atoms with van der Waals surface area (Å²) in [6.07, 6.45) is 2.03. The van der Waals surface area contributed by atoms with Gasteiger partial charge in [-0.2, -0.15) is 0 Å². The smallest absolute Gasteiger partial charge is 0.261 e. The molecular formula is C20H24Br2N2O2. The molecule has 140 valence electrons. The number of hydrogen-bond acceptors (Lipinski definition) is 2. The summed E-state index contributed by atoms with van der Waals surface area (Å²) in [4.78, 5) is 25.7. The van der Waals surface area contributed by atoms with Gasteiger partial charge < -0.3 is 9.88 Å². The van der Waals surface area contributed by atoms with Crippen LogP contribution in [0.15, 0.2) is 25.9 Å². The first-order valence-electron chi connectivity index (χ1n) is 8.66. The van der Waals surface area contributed by atoms with Gasteiger partial charge in [-0.3, -0.25) is 9.59 Å². The highest BCUT2D eigenvalue weighted by Crippen LogP contribution is 2.26. The number of anilines is 1. The van der Waals surface area contributed by atoms with Crippen molar-refractivity contribution in [3.05, 3.63) is 59.4 Å². The molecule has 0 spiro atoms. The van der Waals surface area contributed by atoms with Crippen LogP contribution in [0.2, 0.25) is 0 Å². The number of pyridine rings is 1. The number of nitrogens with one attached hydrogen (secondary N) is 1. The van der Waals surface area contributed by atoms with E-state index in [4.69, 9.17) is 0 Å². The standard InChI is InChI=1S/C20H24Br2N2O2/c1-6-7-8-24-13(4)16(19(25)17(22)14(24)5)20(26)23-18-11(2)9-15(21)10-12(18)3/h9-10H,6-8H2,1-5H3,(H,23,26). The first kappa shape index (κ1) is 20.9. The Hall–Kier alpha value is -1.40. The van der Waals surface area contributed by atoms with Gasteiger partial charge in [0.25, 0.3) is 5.91 Å². The first-order chi connectivity index (χ1) is 12.2. The molecule has 0 aliphatic carbocycles. The molecule has 0 aliphatic rings. The molecule has 2 aromatic rings. The molecule has 6 heteroatoms. The lowest BCUT2D eigenvalue weighted by atomic mass is 10.1. The topological polar surface area (TPSA) is 51.1 Å². The molecule has 0 atom stereocenters. The molecule has 0 saturated heterocycles. The maximum atomic E-state index is 13.0. The lowest BCUT2D eigenvalue weighted by molar-refractivity contribution is 0.102. The number of unbranched alkanes of at least 4 members (excludes halogenated alkanes) is 1. The number of carbonyl (C=O) groups is 1. The second-order valence-corrected chi connectivity index (χ2v) is 8.27. The van der Waals surface area contributed by atoms with Gasteiger partial charge in [0.1, 0.15) is 5.56 Å². The molecule has 0 unspecified atom stereocenters. The third kappa shape index (κ3) is 4.12. The van der Waals surface area contributed by atoms with Crippen molar-refractivity contribution in [1.82, 2.24) is 4.57 Å². The highest BCUT2D eigenvalue weighted by Gasteiger charge is 2.22. The number of rotatable bonds is 5. The summed E-state index contributed by atoms with van der Waals surface area (Å²) in [6.45, 7) is 10.5. The second kappa shape index (κ2) is 8.53. The maximum Gasteiger partial charge on any atom is 0.261 e. The lowest BCUT2D eigenvalue weighted by Crippen LogP contribution is -2.28. The van der Waals surface area contributed by atoms with E-state index in [1.807, 2.05) is 44.4 Å². The van der Waals surface area contributed by atoms with Crippen molar-refractivity contribution in [2.75, 3.05) is 5.32 Å². The summed E-state index contributed by atoms with van der Waals surface area (Å²) in [5.41, 5.74) is 4.12. The summed E-state index contributed by atoms with van der Waals surface area (Å²) in [5, 5.41) is 2.94. The van der Waals surface area contributed by atoms with Crippen molar-refractivity contribution < 1.29 is 4.79 Å². The number of nitrogens with zero attached hydrogens (tertiary/aromatic N) is 1. The molecule has 0 radical (unpaired) electrons. The van der Waals surface area contributed by atoms with Crippen molar-refractivity contribution in [1.29, 1.82) is 0 Å². The van der Waals surface area contributed by atoms with Gasteiger partial charge in [-0.05, 0) is 73.3 Å². The molecule has 0 saturated carbocycles. The van der Waals surface area contributed by atoms with Gasteiger partial charge in [0.05, 0.1) is 4.47 Å². The van der Waals surface area contributed by atoms with Crippen molar-refractivity contribution in [2.45, 2.75) is 54.0 Å². The fourth-order valence-corrected chi connectivity index (χ4v) is 4.25. The lowest BCUT2D eigenvalue weighted by Gasteiger charge is -2.19. The van der Waals surface area contributed by atoms with Crippen LogP contribution in [0, 0.1) is 27.7 Å². The van der Waals surface area contributed by atoms with Gasteiger partial charge in [-0.25, -0.2) is 0 Å². The molecule has 2 rings (SSSR count). The van der Waals surface area contributed by atoms with Crippen molar-refractivity contribution in [2.24, 2.45) is 0 Å². The Morgan fingerprint density at radius 2 is 1.65 bits per heavy atom. The SMILES string of the molecule is CCCCn1c(C)c(Br)c(=O)c(C(=O)Nc2c(C)cc(Br)cc2C)c1C. The molecule has 0 fully saturated rings. The number of hydrogen-bond donors (Lipinski definition) is 1. The number of carbonyl (C=O) groups excluding carboxylic acids is 1. The van der Waals surface area contributed by atoms with Crippen LogP contribution < -0.4 is 10.7 Å². The quantitative estimate of drug-likeness (QED) is 0.596. The maximum absolute atomic E-state index is 13.0. The Morgan fingerprint density at radius 1 is 1.08 bits per heavy atom. The monoisotopic (exact) mass is 482 g/mol. The predicted octanol–water partition coefficient (Wildman–Crippen LogP) is 5.66. The highest BCUT2D eigenvalue weighted by atomic mass is 79.9. The molecule has 1 heterocycles. The summed E-state index contributed by atoms with van der Waals surface area (Å²) < 4.78 is 3.46. The largest absolute Gasteiger partial charge is 0.347 e. The van der Waals surface area contributed by atoms with Crippen molar-refractivity contribution in [3.63, 3.8) is 0 Å². The van der Waals surface area contributed by atoms with Gasteiger partial charge in [-0.1, -0.05) is 29.3 Å². The van der Waals surface area contributed by atoms with Crippen LogP contribution in [-0.4, -0.2) is 10.5 Å². The fourth-order valence-electron chi connectivity index (χ4n) is 3.15. The van der Waals surface area contributed by atoms with Gasteiger partial charge in [0, 0.05) is 28.1 Å². The third-order valence-electron chi connectivity index (χ3n) is 4.61. The third-order valence-corrected chi connectivity index (χ3v) is 6.01. The van der Waals surface area contributed by atoms with E-state index in [2.05, 4.69) is 44.1 Å². The van der Waals surface area contributed by atoms with Crippen LogP contribution in [0.4, 0.5) is 5.69 Å². The number of benzene rings is 1. The van der Waals surface area contributed by atoms with Crippen LogP contribution in [0.5, 0.6) is 0 Å². The Kier molecular flexibility index (Phi) is 6.86. The Morgan fingerprint density at radius 3 is 2.19 bits per heavy atom. The van der Waals surface area contributed by atoms with Crippen LogP contribution >= 0.6 is 31.9 Å². The minimum Gasteiger partial charge on any atom is -0.347 e. The molecule has 0 bridgehead atoms. The predicted molar refractivity (Wildman–Crippen MR) is 114 cm³/mol. The molecule has 1 N–H and O–H groups in total. The van der Waals surface area contributed by atoms with E-state index in [0.29, 0.717) is 10.2 Å². The van der Waals surface area contributed by atoms with Gasteiger partial charge in [0.15, 0.2) is 0 Å². The van der Waals surface area contributed by atoms with E-state index >= 15 is 0 Å². The van der Waals surface area contributed by atoms with Crippen LogP contribution in [0.25, 0.3) is 0 Å². The van der Waals surface area contributed by atoms with Gasteiger partial charge >= 0.3 is 0 Å². The Balaban J connectivity index is 2.53. The number of amides is 1. The van der Waals surface area contributed by atoms with E-state index in [9.17, 15) is 9.59 Å². The van der Waals surface area contributed by atoms with E-state index in [-0.39, 0.29) is 16.9 Å². The average molecular weight is 484 g/mol. The number of aryl methyl sites for hydroxylation is 2. The summed E-state index contributed by atoms with van der Waals surface area (Å²) >= 11 is 6.84. The zero-order chi connectivity index (χ0) is 19.6. The molecule has 1 aromatic carbocycles. The first-order valence-corrected chi connectivity index (χ1v) is 10.2. The number of aromatic nitrogens is 1. The summed E-state index contributed by atoms with van der Waals surface area (Å²) in [7, 11) is 0. The van der Waals surface area contributed by atoms with E-state index in [0.717, 1.165) is 46.4 Å². The Labute approximate surface area is 171 Å². The van der Waals surface area contributed by atoms with E-state index in [1.165, 1.54) is 0 Å². The minimum atomic E-state index is -0.369. The van der Waals surface area contributed by atoms with Crippen LogP contribution in [0.3, 0.4) is 0 Å². The van der Waals surface area contributed by atoms with Crippen molar-refractivity contribution >= 4 is 43.5 Å². The van der Waals surface area contributed by atoms with Crippen LogP contribution in [0.1, 0.15) is 52.6 Å². The molecule has 1 amide bonds. The normalized spacial score (nSPS) is 10.9. The molecular weight excluding hydrogens is 460 g/mol. The van der Waals surface area contributed by atoms with Crippen LogP contribution in [-0.2, 0) is 6.54 Å². The highest BCUT2D eigenvalue weighted by molar-refractivity contribution is 9.10. The summed E-state index contributed by atoms with van der Waals surface area (Å²) in [6, 6.07) is 3.89. The van der Waals surface area contributed by atoms with Gasteiger partial charge in [-0.15, -0.1) is 0 Å². The average Bonchev–Trinajstić information content (AvgIpc) is 2.56. The zero-order valence-corrected chi connectivity index (χ0v) is 19.0. The zero-order valence-electron chi connectivity index (χ0n) is 15.8. The van der Waals surface area contributed by atoms with Crippen molar-refractivity contribution in [3.8, 4) is 0 Å². The van der Waals surface area contributed by atoms with E-state index in [1.54, 1.807) is 0 Å². The van der Waals surface area contributed by atoms with Gasteiger partial charge in [0.2, 0.25) is 5.43 Å². The molecule has 0 aliphatic heterocycles. The molecule has 4 nitrogen and oxygen atoms in total. The van der Waals surface area contributed by atoms with E-state index < -0.39 is 0 Å². The Bertz CT molecular complexity index is 894. The molecule has 1 aromatic heterocycles. The molecule has 26 heavy (non-hydrogen) atoms. The summed E-state index contributed by atoms with van der Waals surface area (Å²) in [5.74, 6) is -0.369. The second-order valence-electron chi connectivity index (χ2n) is 6.56.